The monoisotopic (exact) mass is 302 g/mol. The molecule has 0 aromatic carbocycles. The first-order valence-electron chi connectivity index (χ1n) is 8.69. The van der Waals surface area contributed by atoms with Crippen LogP contribution in [0.2, 0.25) is 0 Å². The van der Waals surface area contributed by atoms with E-state index in [1.807, 2.05) is 12.4 Å². The molecule has 2 aliphatic heterocycles. The summed E-state index contributed by atoms with van der Waals surface area (Å²) in [4.78, 5) is 21.5. The fraction of sp³-hybridized carbons (Fsp3) is 0.765. The molecule has 5 heteroatoms. The first kappa shape index (κ1) is 14.2. The fourth-order valence-electron chi connectivity index (χ4n) is 4.65. The molecule has 120 valence electrons. The average Bonchev–Trinajstić information content (AvgIpc) is 3.24. The van der Waals surface area contributed by atoms with Gasteiger partial charge >= 0.3 is 0 Å². The molecule has 2 bridgehead atoms. The summed E-state index contributed by atoms with van der Waals surface area (Å²) in [7, 11) is 2.06. The third kappa shape index (κ3) is 2.56. The number of nitrogens with zero attached hydrogens (tertiary/aromatic N) is 4. The third-order valence-corrected chi connectivity index (χ3v) is 5.93. The maximum Gasteiger partial charge on any atom is 0.236 e. The summed E-state index contributed by atoms with van der Waals surface area (Å²) in [6.45, 7) is 3.57. The van der Waals surface area contributed by atoms with Gasteiger partial charge in [0.25, 0.3) is 0 Å². The first-order chi connectivity index (χ1) is 10.7. The van der Waals surface area contributed by atoms with Crippen molar-refractivity contribution >= 4 is 5.91 Å². The minimum atomic E-state index is 0.339. The van der Waals surface area contributed by atoms with E-state index in [9.17, 15) is 4.79 Å². The molecule has 4 rings (SSSR count). The van der Waals surface area contributed by atoms with Crippen molar-refractivity contribution in [3.05, 3.63) is 18.2 Å². The molecule has 0 unspecified atom stereocenters. The fourth-order valence-corrected chi connectivity index (χ4v) is 4.65. The number of piperidine rings is 2. The van der Waals surface area contributed by atoms with Crippen LogP contribution >= 0.6 is 0 Å². The zero-order chi connectivity index (χ0) is 15.1. The highest BCUT2D eigenvalue weighted by Gasteiger charge is 2.39. The quantitative estimate of drug-likeness (QED) is 0.852. The van der Waals surface area contributed by atoms with Gasteiger partial charge in [0, 0.05) is 51.0 Å². The lowest BCUT2D eigenvalue weighted by Crippen LogP contribution is -2.46. The van der Waals surface area contributed by atoms with Crippen LogP contribution in [0.5, 0.6) is 0 Å². The van der Waals surface area contributed by atoms with Crippen LogP contribution in [0, 0.1) is 5.92 Å². The number of likely N-dealkylation sites (tertiary alicyclic amines) is 2. The molecular formula is C17H26N4O. The number of carbonyl (C=O) groups excluding carboxylic acids is 1. The maximum absolute atomic E-state index is 12.6. The van der Waals surface area contributed by atoms with Crippen LogP contribution in [0.3, 0.4) is 0 Å². The van der Waals surface area contributed by atoms with Crippen molar-refractivity contribution in [3.63, 3.8) is 0 Å². The number of aryl methyl sites for hydroxylation is 1. The molecule has 3 fully saturated rings. The molecule has 3 aliphatic rings. The molecule has 0 spiro atoms. The Morgan fingerprint density at radius 1 is 1.27 bits per heavy atom. The summed E-state index contributed by atoms with van der Waals surface area (Å²) >= 11 is 0. The summed E-state index contributed by atoms with van der Waals surface area (Å²) in [5.74, 6) is 2.88. The van der Waals surface area contributed by atoms with Crippen LogP contribution in [-0.2, 0) is 11.8 Å². The van der Waals surface area contributed by atoms with Gasteiger partial charge in [-0.1, -0.05) is 0 Å². The predicted molar refractivity (Wildman–Crippen MR) is 84.5 cm³/mol. The molecule has 2 atom stereocenters. The highest BCUT2D eigenvalue weighted by Crippen LogP contribution is 2.37. The molecule has 0 N–H and O–H groups in total. The SMILES string of the molecule is Cn1ccnc1C1CCN(C(=O)CN2C[C@@H]3CC[C@H]2C3)CC1. The van der Waals surface area contributed by atoms with Gasteiger partial charge in [0.05, 0.1) is 6.54 Å². The number of rotatable bonds is 3. The van der Waals surface area contributed by atoms with E-state index in [0.717, 1.165) is 38.4 Å². The van der Waals surface area contributed by atoms with E-state index in [1.165, 1.54) is 25.1 Å². The lowest BCUT2D eigenvalue weighted by atomic mass is 9.96. The first-order valence-corrected chi connectivity index (χ1v) is 8.69. The van der Waals surface area contributed by atoms with Crippen molar-refractivity contribution in [2.45, 2.75) is 44.1 Å². The smallest absolute Gasteiger partial charge is 0.236 e. The Balaban J connectivity index is 1.30. The Kier molecular flexibility index (Phi) is 3.68. The number of imidazole rings is 1. The van der Waals surface area contributed by atoms with E-state index in [2.05, 4.69) is 26.4 Å². The minimum absolute atomic E-state index is 0.339. The second kappa shape index (κ2) is 5.69. The van der Waals surface area contributed by atoms with Gasteiger partial charge in [-0.05, 0) is 38.0 Å². The van der Waals surface area contributed by atoms with Gasteiger partial charge in [0.2, 0.25) is 5.91 Å². The number of fused-ring (bicyclic) bond motifs is 2. The van der Waals surface area contributed by atoms with Gasteiger partial charge in [-0.25, -0.2) is 4.98 Å². The summed E-state index contributed by atoms with van der Waals surface area (Å²) in [6, 6.07) is 0.694. The van der Waals surface area contributed by atoms with Crippen LogP contribution in [0.1, 0.15) is 43.8 Å². The van der Waals surface area contributed by atoms with Gasteiger partial charge in [0.15, 0.2) is 0 Å². The van der Waals surface area contributed by atoms with Crippen molar-refractivity contribution in [2.75, 3.05) is 26.2 Å². The summed E-state index contributed by atoms with van der Waals surface area (Å²) in [6.07, 6.45) is 9.98. The third-order valence-electron chi connectivity index (χ3n) is 5.93. The second-order valence-electron chi connectivity index (χ2n) is 7.31. The van der Waals surface area contributed by atoms with E-state index in [0.29, 0.717) is 24.4 Å². The van der Waals surface area contributed by atoms with E-state index >= 15 is 0 Å². The number of aromatic nitrogens is 2. The maximum atomic E-state index is 12.6. The molecule has 0 radical (unpaired) electrons. The van der Waals surface area contributed by atoms with E-state index in [-0.39, 0.29) is 0 Å². The zero-order valence-electron chi connectivity index (χ0n) is 13.4. The lowest BCUT2D eigenvalue weighted by Gasteiger charge is -2.34. The molecular weight excluding hydrogens is 276 g/mol. The van der Waals surface area contributed by atoms with Crippen LogP contribution < -0.4 is 0 Å². The average molecular weight is 302 g/mol. The topological polar surface area (TPSA) is 41.4 Å². The number of carbonyl (C=O) groups is 1. The second-order valence-corrected chi connectivity index (χ2v) is 7.31. The standard InChI is InChI=1S/C17H26N4O/c1-19-9-6-18-17(19)14-4-7-20(8-5-14)16(22)12-21-11-13-2-3-15(21)10-13/h6,9,13-15H,2-5,7-8,10-12H2,1H3/t13-,15+/m1/s1. The largest absolute Gasteiger partial charge is 0.342 e. The summed E-state index contributed by atoms with van der Waals surface area (Å²) in [5.41, 5.74) is 0. The molecule has 2 saturated heterocycles. The summed E-state index contributed by atoms with van der Waals surface area (Å²) in [5, 5.41) is 0. The summed E-state index contributed by atoms with van der Waals surface area (Å²) < 4.78 is 2.11. The number of amides is 1. The molecule has 3 heterocycles. The Bertz CT molecular complexity index is 547. The van der Waals surface area contributed by atoms with Crippen molar-refractivity contribution in [2.24, 2.45) is 13.0 Å². The van der Waals surface area contributed by atoms with Crippen LogP contribution in [0.15, 0.2) is 12.4 Å². The Labute approximate surface area is 132 Å². The van der Waals surface area contributed by atoms with Gasteiger partial charge < -0.3 is 9.47 Å². The van der Waals surface area contributed by atoms with Crippen LogP contribution in [-0.4, -0.2) is 57.5 Å². The zero-order valence-corrected chi connectivity index (χ0v) is 13.4. The van der Waals surface area contributed by atoms with Crippen LogP contribution in [0.25, 0.3) is 0 Å². The number of hydrogen-bond acceptors (Lipinski definition) is 3. The van der Waals surface area contributed by atoms with Gasteiger partial charge in [-0.15, -0.1) is 0 Å². The van der Waals surface area contributed by atoms with Crippen molar-refractivity contribution in [1.82, 2.24) is 19.4 Å². The van der Waals surface area contributed by atoms with Crippen molar-refractivity contribution < 1.29 is 4.79 Å². The van der Waals surface area contributed by atoms with Gasteiger partial charge in [-0.3, -0.25) is 9.69 Å². The van der Waals surface area contributed by atoms with E-state index < -0.39 is 0 Å². The molecule has 5 nitrogen and oxygen atoms in total. The highest BCUT2D eigenvalue weighted by atomic mass is 16.2. The Hall–Kier alpha value is -1.36. The molecule has 1 aliphatic carbocycles. The molecule has 1 aromatic rings. The minimum Gasteiger partial charge on any atom is -0.342 e. The van der Waals surface area contributed by atoms with E-state index in [4.69, 9.17) is 0 Å². The van der Waals surface area contributed by atoms with Crippen molar-refractivity contribution in [1.29, 1.82) is 0 Å². The molecule has 1 aromatic heterocycles. The lowest BCUT2D eigenvalue weighted by molar-refractivity contribution is -0.133. The predicted octanol–water partition coefficient (Wildman–Crippen LogP) is 1.61. The normalized spacial score (nSPS) is 29.4. The van der Waals surface area contributed by atoms with Crippen molar-refractivity contribution in [3.8, 4) is 0 Å². The van der Waals surface area contributed by atoms with Gasteiger partial charge in [0.1, 0.15) is 5.82 Å². The molecule has 1 saturated carbocycles. The van der Waals surface area contributed by atoms with Crippen LogP contribution in [0.4, 0.5) is 0 Å². The Morgan fingerprint density at radius 3 is 2.68 bits per heavy atom. The van der Waals surface area contributed by atoms with Gasteiger partial charge in [-0.2, -0.15) is 0 Å². The van der Waals surface area contributed by atoms with E-state index in [1.54, 1.807) is 0 Å². The highest BCUT2D eigenvalue weighted by molar-refractivity contribution is 5.78. The number of hydrogen-bond donors (Lipinski definition) is 0. The molecule has 1 amide bonds. The Morgan fingerprint density at radius 2 is 2.09 bits per heavy atom. The molecule has 22 heavy (non-hydrogen) atoms.